The van der Waals surface area contributed by atoms with Gasteiger partial charge in [0.05, 0.1) is 83.6 Å². The minimum atomic E-state index is -2.24. The minimum Gasteiger partial charge on any atom is -0.481 e. The third-order valence-electron chi connectivity index (χ3n) is 13.1. The average molecular weight is 1490 g/mol. The SMILES string of the molecule is C=CC(=O)C[C@H](CC(=O)O)O[Si](C)(C)C(C)(C)C.CC(C)(C)[Si](C)(C)OC(CC(=O)O)CC(=O)O.COC(=O)C[C@H](CC(=O)O)O[Si](C)(C)C(C)(C)C.COC(=O)OC(=O)C[C@H](CC(=O)O)O[Si](C)(C)C(C)(C)C.[Y].[Y].[Y].[Y]. The molecule has 0 fully saturated rings. The van der Waals surface area contributed by atoms with Gasteiger partial charge in [0.2, 0.25) is 0 Å². The molecule has 0 aromatic rings. The number of esters is 2. The molecule has 0 amide bonds. The second kappa shape index (κ2) is 42.2. The van der Waals surface area contributed by atoms with Crippen molar-refractivity contribution in [3.05, 3.63) is 12.7 Å². The number of carboxylic acids is 5. The molecule has 0 saturated carbocycles. The van der Waals surface area contributed by atoms with Crippen LogP contribution in [0.4, 0.5) is 4.79 Å². The van der Waals surface area contributed by atoms with Gasteiger partial charge in [0.15, 0.2) is 39.1 Å². The Kier molecular flexibility index (Phi) is 51.2. The summed E-state index contributed by atoms with van der Waals surface area (Å²) < 4.78 is 36.8. The van der Waals surface area contributed by atoms with Crippen LogP contribution in [-0.4, -0.2) is 151 Å². The van der Waals surface area contributed by atoms with E-state index in [1.54, 1.807) is 0 Å². The zero-order chi connectivity index (χ0) is 59.8. The van der Waals surface area contributed by atoms with Crippen molar-refractivity contribution < 1.29 is 231 Å². The number of carboxylic acid groups (broad SMARTS) is 5. The maximum atomic E-state index is 11.6. The zero-order valence-corrected chi connectivity index (χ0v) is 66.2. The monoisotopic (exact) mass is 1490 g/mol. The molecule has 0 aromatic carbocycles. The van der Waals surface area contributed by atoms with Crippen LogP contribution in [0.5, 0.6) is 0 Å². The van der Waals surface area contributed by atoms with Crippen molar-refractivity contribution in [2.24, 2.45) is 0 Å². The minimum absolute atomic E-state index is 0. The van der Waals surface area contributed by atoms with Crippen LogP contribution in [0.15, 0.2) is 12.7 Å². The Bertz CT molecular complexity index is 1860. The smallest absolute Gasteiger partial charge is 0.481 e. The summed E-state index contributed by atoms with van der Waals surface area (Å²) in [7, 11) is -6.15. The van der Waals surface area contributed by atoms with E-state index in [-0.39, 0.29) is 208 Å². The summed E-state index contributed by atoms with van der Waals surface area (Å²) in [6.07, 6.45) is -4.10. The number of methoxy groups -OCH3 is 2. The fraction of sp³-hybridized carbons (Fsp3) is 0.776. The van der Waals surface area contributed by atoms with E-state index in [9.17, 15) is 43.2 Å². The van der Waals surface area contributed by atoms with Gasteiger partial charge in [-0.3, -0.25) is 38.4 Å². The first-order valence-corrected chi connectivity index (χ1v) is 35.8. The molecule has 5 N–H and O–H groups in total. The topological polar surface area (TPSA) is 319 Å². The summed E-state index contributed by atoms with van der Waals surface area (Å²) in [6, 6.07) is 0. The van der Waals surface area contributed by atoms with Gasteiger partial charge in [0, 0.05) is 137 Å². The quantitative estimate of drug-likeness (QED) is 0.0245. The number of ether oxygens (including phenoxy) is 3. The normalized spacial score (nSPS) is 12.9. The number of hydrogen-bond acceptors (Lipinski definition) is 16. The first kappa shape index (κ1) is 94.7. The van der Waals surface area contributed by atoms with Gasteiger partial charge in [-0.05, 0) is 78.6 Å². The molecule has 0 aromatic heterocycles. The van der Waals surface area contributed by atoms with Crippen LogP contribution in [0.1, 0.15) is 134 Å². The number of hydrogen-bond donors (Lipinski definition) is 5. The first-order chi connectivity index (χ1) is 32.8. The van der Waals surface area contributed by atoms with Crippen molar-refractivity contribution >= 4 is 87.0 Å². The summed E-state index contributed by atoms with van der Waals surface area (Å²) in [6.45, 7) is 43.9. The van der Waals surface area contributed by atoms with Crippen LogP contribution < -0.4 is 0 Å². The predicted octanol–water partition coefficient (Wildman–Crippen LogP) is 10.3. The molecule has 0 aliphatic heterocycles. The van der Waals surface area contributed by atoms with Gasteiger partial charge >= 0.3 is 47.9 Å². The molecule has 0 aliphatic carbocycles. The Morgan fingerprint density at radius 1 is 0.385 bits per heavy atom. The Labute approximate surface area is 569 Å². The third kappa shape index (κ3) is 44.8. The van der Waals surface area contributed by atoms with Gasteiger partial charge in [-0.15, -0.1) is 0 Å². The van der Waals surface area contributed by atoms with Crippen molar-refractivity contribution in [2.75, 3.05) is 14.2 Å². The number of carbonyl (C=O) groups is 9. The van der Waals surface area contributed by atoms with E-state index in [0.29, 0.717) is 0 Å². The van der Waals surface area contributed by atoms with E-state index >= 15 is 0 Å². The van der Waals surface area contributed by atoms with Gasteiger partial charge < -0.3 is 57.4 Å². The molecule has 3 atom stereocenters. The molecule has 0 aliphatic rings. The second-order valence-electron chi connectivity index (χ2n) is 23.8. The summed E-state index contributed by atoms with van der Waals surface area (Å²) in [5.74, 6) is -6.56. The fourth-order valence-corrected chi connectivity index (χ4v) is 10.3. The van der Waals surface area contributed by atoms with Crippen LogP contribution in [0.25, 0.3) is 0 Å². The molecule has 0 heterocycles. The molecule has 29 heteroatoms. The Balaban J connectivity index is -0.000000138. The molecular weight excluding hydrogens is 1390 g/mol. The molecule has 0 rings (SSSR count). The van der Waals surface area contributed by atoms with Crippen molar-refractivity contribution in [3.8, 4) is 0 Å². The molecule has 78 heavy (non-hydrogen) atoms. The first-order valence-electron chi connectivity index (χ1n) is 24.1. The van der Waals surface area contributed by atoms with Crippen molar-refractivity contribution in [3.63, 3.8) is 0 Å². The Morgan fingerprint density at radius 3 is 0.769 bits per heavy atom. The van der Waals surface area contributed by atoms with Crippen molar-refractivity contribution in [1.29, 1.82) is 0 Å². The van der Waals surface area contributed by atoms with Gasteiger partial charge in [-0.1, -0.05) is 89.7 Å². The third-order valence-corrected chi connectivity index (χ3v) is 31.3. The fourth-order valence-electron chi connectivity index (χ4n) is 4.91. The number of carbonyl (C=O) groups excluding carboxylic acids is 4. The van der Waals surface area contributed by atoms with Crippen LogP contribution in [0, 0.1) is 0 Å². The predicted molar refractivity (Wildman–Crippen MR) is 289 cm³/mol. The summed E-state index contributed by atoms with van der Waals surface area (Å²) in [4.78, 5) is 98.9. The Hall–Kier alpha value is 0.293. The van der Waals surface area contributed by atoms with E-state index < -0.39 is 106 Å². The number of aliphatic carboxylic acids is 5. The summed E-state index contributed by atoms with van der Waals surface area (Å²) in [5, 5.41) is 43.9. The summed E-state index contributed by atoms with van der Waals surface area (Å²) >= 11 is 0. The number of ketones is 1. The molecule has 0 unspecified atom stereocenters. The maximum absolute atomic E-state index is 11.6. The van der Waals surface area contributed by atoms with Gasteiger partial charge in [0.25, 0.3) is 0 Å². The molecule has 0 spiro atoms. The van der Waals surface area contributed by atoms with E-state index in [1.807, 2.05) is 93.9 Å². The van der Waals surface area contributed by atoms with Gasteiger partial charge in [0.1, 0.15) is 0 Å². The molecule has 0 saturated heterocycles. The second-order valence-corrected chi connectivity index (χ2v) is 42.8. The van der Waals surface area contributed by atoms with E-state index in [4.69, 9.17) is 43.2 Å². The van der Waals surface area contributed by atoms with Crippen LogP contribution in [0.3, 0.4) is 0 Å². The molecular formula is C49H94O21Si4Y4. The Morgan fingerprint density at radius 2 is 0.590 bits per heavy atom. The summed E-state index contributed by atoms with van der Waals surface area (Å²) in [5.41, 5.74) is 0. The zero-order valence-electron chi connectivity index (χ0n) is 50.8. The molecule has 4 radical (unpaired) electrons. The van der Waals surface area contributed by atoms with E-state index in [1.165, 1.54) is 13.2 Å². The molecule has 21 nitrogen and oxygen atoms in total. The maximum Gasteiger partial charge on any atom is 0.515 e. The average Bonchev–Trinajstić information content (AvgIpc) is 3.14. The van der Waals surface area contributed by atoms with E-state index in [0.717, 1.165) is 7.11 Å². The largest absolute Gasteiger partial charge is 0.515 e. The standard InChI is InChI=1S/C13H24O7Si.C13H24O4Si.C12H24O5Si.C11H22O5Si.4Y/c1-13(2,3)21(5,6)20-9(7-10(14)15)8-11(16)19-12(17)18-4;1-7-10(14)8-11(9-12(15)16)17-18(5,6)13(2,3)4;1-12(2,3)18(5,6)17-9(7-10(13)14)8-11(15)16-4;1-11(2,3)17(4,5)16-8(6-9(12)13)7-10(14)15;;;;/h9H,7-8H2,1-6H3,(H,14,15);7,11H,1,8-9H2,2-6H3,(H,15,16);9H,7-8H2,1-6H3,(H,13,14);8H,6-7H2,1-5H3,(H,12,13)(H,14,15);;;;/t9-;11-;9-;;;;;/m010...../s1. The van der Waals surface area contributed by atoms with Crippen molar-refractivity contribution in [1.82, 2.24) is 0 Å². The van der Waals surface area contributed by atoms with Gasteiger partial charge in [-0.25, -0.2) is 4.79 Å². The number of allylic oxidation sites excluding steroid dienone is 1. The van der Waals surface area contributed by atoms with Crippen LogP contribution in [-0.2, 0) is 201 Å². The number of rotatable bonds is 25. The van der Waals surface area contributed by atoms with Gasteiger partial charge in [-0.2, -0.15) is 0 Å². The van der Waals surface area contributed by atoms with E-state index in [2.05, 4.69) is 62.3 Å². The van der Waals surface area contributed by atoms with Crippen LogP contribution >= 0.6 is 0 Å². The van der Waals surface area contributed by atoms with Crippen LogP contribution in [0.2, 0.25) is 72.5 Å². The molecule has 444 valence electrons. The molecule has 0 bridgehead atoms. The van der Waals surface area contributed by atoms with Crippen molar-refractivity contribution in [2.45, 2.75) is 231 Å².